The van der Waals surface area contributed by atoms with E-state index in [0.29, 0.717) is 12.2 Å². The summed E-state index contributed by atoms with van der Waals surface area (Å²) in [5, 5.41) is 13.0. The fourth-order valence-corrected chi connectivity index (χ4v) is 3.74. The van der Waals surface area contributed by atoms with Crippen LogP contribution in [0.4, 0.5) is 0 Å². The third-order valence-corrected chi connectivity index (χ3v) is 5.51. The highest BCUT2D eigenvalue weighted by atomic mass is 32.2. The SMILES string of the molecule is C=C(CC(C)C=O)NC(CSC/C=C(\C)CC/C=C(\C)CCC=C(C)C)C(=C)O. The van der Waals surface area contributed by atoms with E-state index in [9.17, 15) is 9.90 Å². The molecule has 2 N–H and O–H groups in total. The summed E-state index contributed by atoms with van der Waals surface area (Å²) in [6.07, 6.45) is 12.8. The van der Waals surface area contributed by atoms with Crippen LogP contribution in [-0.4, -0.2) is 28.9 Å². The second-order valence-electron chi connectivity index (χ2n) is 8.11. The second-order valence-corrected chi connectivity index (χ2v) is 9.18. The van der Waals surface area contributed by atoms with Crippen LogP contribution in [0.5, 0.6) is 0 Å². The van der Waals surface area contributed by atoms with E-state index in [1.807, 2.05) is 6.92 Å². The first-order chi connectivity index (χ1) is 13.6. The Labute approximate surface area is 183 Å². The summed E-state index contributed by atoms with van der Waals surface area (Å²) in [5.74, 6) is 1.63. The van der Waals surface area contributed by atoms with Crippen LogP contribution in [0.1, 0.15) is 66.7 Å². The highest BCUT2D eigenvalue weighted by Gasteiger charge is 2.13. The molecule has 0 aromatic rings. The lowest BCUT2D eigenvalue weighted by Crippen LogP contribution is -2.32. The molecular weight excluding hydrogens is 378 g/mol. The van der Waals surface area contributed by atoms with Crippen molar-refractivity contribution in [3.63, 3.8) is 0 Å². The maximum absolute atomic E-state index is 10.8. The van der Waals surface area contributed by atoms with E-state index in [1.54, 1.807) is 11.8 Å². The number of aldehydes is 1. The molecule has 2 unspecified atom stereocenters. The van der Waals surface area contributed by atoms with Crippen LogP contribution in [-0.2, 0) is 4.79 Å². The molecule has 0 saturated carbocycles. The van der Waals surface area contributed by atoms with Gasteiger partial charge in [0.1, 0.15) is 12.0 Å². The van der Waals surface area contributed by atoms with Crippen molar-refractivity contribution >= 4 is 18.0 Å². The van der Waals surface area contributed by atoms with Crippen LogP contribution in [0.2, 0.25) is 0 Å². The van der Waals surface area contributed by atoms with Gasteiger partial charge >= 0.3 is 0 Å². The molecule has 0 radical (unpaired) electrons. The lowest BCUT2D eigenvalue weighted by atomic mass is 10.1. The third kappa shape index (κ3) is 15.9. The average molecular weight is 420 g/mol. The van der Waals surface area contributed by atoms with Gasteiger partial charge in [0.2, 0.25) is 0 Å². The minimum Gasteiger partial charge on any atom is -0.511 e. The zero-order chi connectivity index (χ0) is 22.2. The second kappa shape index (κ2) is 16.2. The Morgan fingerprint density at radius 1 is 1.03 bits per heavy atom. The maximum Gasteiger partial charge on any atom is 0.123 e. The topological polar surface area (TPSA) is 49.3 Å². The maximum atomic E-state index is 10.8. The molecule has 0 spiro atoms. The van der Waals surface area contributed by atoms with E-state index in [2.05, 4.69) is 64.4 Å². The molecule has 3 nitrogen and oxygen atoms in total. The highest BCUT2D eigenvalue weighted by molar-refractivity contribution is 7.99. The minimum atomic E-state index is -0.244. The van der Waals surface area contributed by atoms with Gasteiger partial charge in [-0.3, -0.25) is 0 Å². The van der Waals surface area contributed by atoms with Crippen molar-refractivity contribution in [3.05, 3.63) is 59.6 Å². The number of thioether (sulfide) groups is 1. The molecule has 0 aliphatic carbocycles. The Hall–Kier alpha value is -1.68. The van der Waals surface area contributed by atoms with Crippen LogP contribution >= 0.6 is 11.8 Å². The van der Waals surface area contributed by atoms with Gasteiger partial charge in [0.05, 0.1) is 6.04 Å². The molecule has 0 saturated heterocycles. The fraction of sp³-hybridized carbons (Fsp3) is 0.560. The van der Waals surface area contributed by atoms with E-state index in [-0.39, 0.29) is 17.7 Å². The summed E-state index contributed by atoms with van der Waals surface area (Å²) < 4.78 is 0. The lowest BCUT2D eigenvalue weighted by Gasteiger charge is -2.20. The van der Waals surface area contributed by atoms with Gasteiger partial charge in [-0.1, -0.05) is 55.0 Å². The van der Waals surface area contributed by atoms with Gasteiger partial charge in [0.25, 0.3) is 0 Å². The molecule has 0 amide bonds. The number of rotatable bonds is 16. The standard InChI is InChI=1S/C25H41NO2S/c1-19(2)10-8-11-20(3)12-9-13-21(4)14-15-29-18-25(24(7)28)26-23(6)16-22(5)17-27/h10,12,14,17,22,25-26,28H,6-9,11,13,15-16,18H2,1-5H3/b20-12+,21-14+. The Kier molecular flexibility index (Phi) is 15.2. The Morgan fingerprint density at radius 3 is 2.17 bits per heavy atom. The molecule has 0 rings (SSSR count). The predicted molar refractivity (Wildman–Crippen MR) is 130 cm³/mol. The highest BCUT2D eigenvalue weighted by Crippen LogP contribution is 2.15. The molecule has 0 aromatic heterocycles. The van der Waals surface area contributed by atoms with E-state index < -0.39 is 0 Å². The van der Waals surface area contributed by atoms with E-state index in [0.717, 1.165) is 43.4 Å². The first kappa shape index (κ1) is 27.3. The monoisotopic (exact) mass is 419 g/mol. The molecule has 0 fully saturated rings. The van der Waals surface area contributed by atoms with Gasteiger partial charge in [-0.2, -0.15) is 11.8 Å². The lowest BCUT2D eigenvalue weighted by molar-refractivity contribution is -0.110. The average Bonchev–Trinajstić information content (AvgIpc) is 2.63. The number of aliphatic hydroxyl groups is 1. The first-order valence-corrected chi connectivity index (χ1v) is 11.6. The van der Waals surface area contributed by atoms with Gasteiger partial charge in [-0.25, -0.2) is 0 Å². The van der Waals surface area contributed by atoms with E-state index >= 15 is 0 Å². The number of nitrogens with one attached hydrogen (secondary N) is 1. The number of carbonyl (C=O) groups is 1. The Balaban J connectivity index is 4.23. The number of hydrogen-bond acceptors (Lipinski definition) is 4. The molecule has 0 aromatic carbocycles. The Bertz CT molecular complexity index is 612. The van der Waals surface area contributed by atoms with Crippen molar-refractivity contribution in [1.82, 2.24) is 5.32 Å². The van der Waals surface area contributed by atoms with Crippen LogP contribution < -0.4 is 5.32 Å². The van der Waals surface area contributed by atoms with Crippen LogP contribution in [0.15, 0.2) is 59.6 Å². The van der Waals surface area contributed by atoms with Gasteiger partial charge in [-0.15, -0.1) is 0 Å². The smallest absolute Gasteiger partial charge is 0.123 e. The van der Waals surface area contributed by atoms with E-state index in [4.69, 9.17) is 0 Å². The van der Waals surface area contributed by atoms with Gasteiger partial charge in [0, 0.05) is 23.1 Å². The van der Waals surface area contributed by atoms with Crippen molar-refractivity contribution in [2.24, 2.45) is 5.92 Å². The largest absolute Gasteiger partial charge is 0.511 e. The van der Waals surface area contributed by atoms with Crippen molar-refractivity contribution in [3.8, 4) is 0 Å². The zero-order valence-corrected chi connectivity index (χ0v) is 19.9. The molecule has 0 bridgehead atoms. The van der Waals surface area contributed by atoms with Crippen molar-refractivity contribution in [2.45, 2.75) is 72.8 Å². The van der Waals surface area contributed by atoms with Crippen molar-refractivity contribution in [1.29, 1.82) is 0 Å². The van der Waals surface area contributed by atoms with Gasteiger partial charge in [0.15, 0.2) is 0 Å². The number of hydrogen-bond donors (Lipinski definition) is 2. The van der Waals surface area contributed by atoms with Crippen LogP contribution in [0.3, 0.4) is 0 Å². The summed E-state index contributed by atoms with van der Waals surface area (Å²) in [6, 6.07) is -0.244. The molecule has 0 heterocycles. The summed E-state index contributed by atoms with van der Waals surface area (Å²) in [7, 11) is 0. The molecule has 164 valence electrons. The molecule has 4 heteroatoms. The van der Waals surface area contributed by atoms with Crippen molar-refractivity contribution < 1.29 is 9.90 Å². The summed E-state index contributed by atoms with van der Waals surface area (Å²) >= 11 is 1.75. The van der Waals surface area contributed by atoms with Gasteiger partial charge in [-0.05, 0) is 59.8 Å². The normalized spacial score (nSPS) is 14.1. The van der Waals surface area contributed by atoms with Crippen LogP contribution in [0.25, 0.3) is 0 Å². The number of aliphatic hydroxyl groups excluding tert-OH is 1. The van der Waals surface area contributed by atoms with E-state index in [1.165, 1.54) is 16.7 Å². The van der Waals surface area contributed by atoms with Gasteiger partial charge < -0.3 is 15.2 Å². The number of carbonyl (C=O) groups excluding carboxylic acids is 1. The summed E-state index contributed by atoms with van der Waals surface area (Å²) in [4.78, 5) is 10.8. The Morgan fingerprint density at radius 2 is 1.62 bits per heavy atom. The summed E-state index contributed by atoms with van der Waals surface area (Å²) in [5.41, 5.74) is 4.99. The third-order valence-electron chi connectivity index (χ3n) is 4.54. The fourth-order valence-electron chi connectivity index (χ4n) is 2.69. The quantitative estimate of drug-likeness (QED) is 0.123. The zero-order valence-electron chi connectivity index (χ0n) is 19.1. The van der Waals surface area contributed by atoms with Crippen LogP contribution in [0, 0.1) is 5.92 Å². The molecule has 0 aliphatic rings. The molecule has 0 aliphatic heterocycles. The summed E-state index contributed by atoms with van der Waals surface area (Å²) in [6.45, 7) is 18.1. The molecule has 29 heavy (non-hydrogen) atoms. The predicted octanol–water partition coefficient (Wildman–Crippen LogP) is 6.91. The minimum absolute atomic E-state index is 0.0780. The van der Waals surface area contributed by atoms with Crippen molar-refractivity contribution in [2.75, 3.05) is 11.5 Å². The first-order valence-electron chi connectivity index (χ1n) is 10.4. The molecule has 2 atom stereocenters. The number of allylic oxidation sites excluding steroid dienone is 6. The molecular formula is C25H41NO2S.